The highest BCUT2D eigenvalue weighted by Crippen LogP contribution is 2.40. The van der Waals surface area contributed by atoms with Crippen molar-refractivity contribution in [3.63, 3.8) is 0 Å². The molecule has 2 aromatic carbocycles. The summed E-state index contributed by atoms with van der Waals surface area (Å²) in [6, 6.07) is 11.4. The summed E-state index contributed by atoms with van der Waals surface area (Å²) >= 11 is 0. The van der Waals surface area contributed by atoms with Gasteiger partial charge < -0.3 is 19.5 Å². The van der Waals surface area contributed by atoms with E-state index >= 15 is 0 Å². The standard InChI is InChI=1S/C23H24FNO5/c1-3-12-30-18-6-4-5-16(14-18)20-19(21(26)15-7-9-17(24)10-8-15)22(27)23(28)25(20)11-13-29-2/h4-10,14,20,26H,3,11-13H2,1-2H3. The SMILES string of the molecule is CCCOc1cccc(C2C(=C(O)c3ccc(F)cc3)C(=O)C(=O)N2CCOC)c1. The van der Waals surface area contributed by atoms with Gasteiger partial charge in [-0.2, -0.15) is 0 Å². The smallest absolute Gasteiger partial charge is 0.295 e. The normalized spacial score (nSPS) is 18.1. The third-order valence-electron chi connectivity index (χ3n) is 4.84. The van der Waals surface area contributed by atoms with Crippen molar-refractivity contribution in [2.24, 2.45) is 0 Å². The van der Waals surface area contributed by atoms with Crippen molar-refractivity contribution in [3.05, 3.63) is 71.0 Å². The average molecular weight is 413 g/mol. The van der Waals surface area contributed by atoms with Gasteiger partial charge in [-0.1, -0.05) is 19.1 Å². The molecule has 0 aliphatic carbocycles. The zero-order valence-corrected chi connectivity index (χ0v) is 16.9. The summed E-state index contributed by atoms with van der Waals surface area (Å²) in [4.78, 5) is 27.0. The first-order chi connectivity index (χ1) is 14.5. The van der Waals surface area contributed by atoms with Gasteiger partial charge in [-0.05, 0) is 48.4 Å². The van der Waals surface area contributed by atoms with Gasteiger partial charge in [0.25, 0.3) is 11.7 Å². The molecule has 1 saturated heterocycles. The van der Waals surface area contributed by atoms with Gasteiger partial charge >= 0.3 is 0 Å². The molecular formula is C23H24FNO5. The number of nitrogens with zero attached hydrogens (tertiary/aromatic N) is 1. The Morgan fingerprint density at radius 3 is 2.53 bits per heavy atom. The second-order valence-electron chi connectivity index (χ2n) is 6.91. The lowest BCUT2D eigenvalue weighted by atomic mass is 9.95. The molecule has 3 rings (SSSR count). The van der Waals surface area contributed by atoms with Crippen LogP contribution in [0.2, 0.25) is 0 Å². The van der Waals surface area contributed by atoms with E-state index < -0.39 is 23.5 Å². The van der Waals surface area contributed by atoms with E-state index in [-0.39, 0.29) is 30.0 Å². The number of amides is 1. The number of ether oxygens (including phenoxy) is 2. The molecule has 158 valence electrons. The second-order valence-corrected chi connectivity index (χ2v) is 6.91. The maximum absolute atomic E-state index is 13.3. The number of benzene rings is 2. The van der Waals surface area contributed by atoms with Crippen LogP contribution < -0.4 is 4.74 Å². The first-order valence-electron chi connectivity index (χ1n) is 9.74. The topological polar surface area (TPSA) is 76.1 Å². The van der Waals surface area contributed by atoms with Gasteiger partial charge in [0.15, 0.2) is 0 Å². The first kappa shape index (κ1) is 21.5. The van der Waals surface area contributed by atoms with Crippen LogP contribution in [-0.4, -0.2) is 48.6 Å². The maximum atomic E-state index is 13.3. The second kappa shape index (κ2) is 9.54. The summed E-state index contributed by atoms with van der Waals surface area (Å²) in [5.74, 6) is -1.73. The number of Topliss-reactive ketones (excluding diaryl/α,β-unsaturated/α-hetero) is 1. The average Bonchev–Trinajstić information content (AvgIpc) is 3.01. The molecule has 1 aliphatic heterocycles. The van der Waals surface area contributed by atoms with Gasteiger partial charge in [0.2, 0.25) is 0 Å². The number of methoxy groups -OCH3 is 1. The van der Waals surface area contributed by atoms with E-state index in [1.165, 1.54) is 36.3 Å². The Morgan fingerprint density at radius 1 is 1.13 bits per heavy atom. The molecule has 0 aromatic heterocycles. The van der Waals surface area contributed by atoms with Crippen LogP contribution in [0.5, 0.6) is 5.75 Å². The quantitative estimate of drug-likeness (QED) is 0.406. The van der Waals surface area contributed by atoms with Crippen LogP contribution in [0.3, 0.4) is 0 Å². The number of halogens is 1. The van der Waals surface area contributed by atoms with E-state index in [0.717, 1.165) is 6.42 Å². The minimum atomic E-state index is -0.810. The van der Waals surface area contributed by atoms with Crippen molar-refractivity contribution in [2.45, 2.75) is 19.4 Å². The summed E-state index contributed by atoms with van der Waals surface area (Å²) in [5, 5.41) is 10.9. The molecule has 0 bridgehead atoms. The summed E-state index contributed by atoms with van der Waals surface area (Å²) in [5.41, 5.74) is 0.836. The van der Waals surface area contributed by atoms with Crippen molar-refractivity contribution < 1.29 is 28.6 Å². The molecule has 1 atom stereocenters. The monoisotopic (exact) mass is 413 g/mol. The van der Waals surface area contributed by atoms with E-state index in [1.807, 2.05) is 6.92 Å². The van der Waals surface area contributed by atoms with Crippen LogP contribution in [-0.2, 0) is 14.3 Å². The van der Waals surface area contributed by atoms with Gasteiger partial charge in [0.05, 0.1) is 24.8 Å². The lowest BCUT2D eigenvalue weighted by Crippen LogP contribution is -2.32. The lowest BCUT2D eigenvalue weighted by Gasteiger charge is -2.25. The van der Waals surface area contributed by atoms with E-state index in [1.54, 1.807) is 24.3 Å². The molecule has 1 amide bonds. The highest BCUT2D eigenvalue weighted by atomic mass is 19.1. The number of ketones is 1. The fourth-order valence-electron chi connectivity index (χ4n) is 3.40. The highest BCUT2D eigenvalue weighted by molar-refractivity contribution is 6.46. The Kier molecular flexibility index (Phi) is 6.84. The maximum Gasteiger partial charge on any atom is 0.295 e. The molecule has 0 saturated carbocycles. The number of aliphatic hydroxyl groups excluding tert-OH is 1. The Balaban J connectivity index is 2.11. The molecule has 1 unspecified atom stereocenters. The van der Waals surface area contributed by atoms with Crippen molar-refractivity contribution in [1.29, 1.82) is 0 Å². The van der Waals surface area contributed by atoms with Gasteiger partial charge in [-0.3, -0.25) is 9.59 Å². The zero-order valence-electron chi connectivity index (χ0n) is 16.9. The molecule has 1 heterocycles. The van der Waals surface area contributed by atoms with E-state index in [9.17, 15) is 19.1 Å². The number of rotatable bonds is 8. The Labute approximate surface area is 174 Å². The number of hydrogen-bond donors (Lipinski definition) is 1. The van der Waals surface area contributed by atoms with Crippen LogP contribution >= 0.6 is 0 Å². The third kappa shape index (κ3) is 4.36. The predicted octanol–water partition coefficient (Wildman–Crippen LogP) is 3.68. The molecule has 1 fully saturated rings. The summed E-state index contributed by atoms with van der Waals surface area (Å²) in [7, 11) is 1.50. The fourth-order valence-corrected chi connectivity index (χ4v) is 3.40. The van der Waals surface area contributed by atoms with E-state index in [0.29, 0.717) is 17.9 Å². The number of aliphatic hydroxyl groups is 1. The van der Waals surface area contributed by atoms with E-state index in [2.05, 4.69) is 0 Å². The third-order valence-corrected chi connectivity index (χ3v) is 4.84. The molecule has 1 N–H and O–H groups in total. The molecule has 1 aliphatic rings. The van der Waals surface area contributed by atoms with Crippen molar-refractivity contribution in [3.8, 4) is 5.75 Å². The Morgan fingerprint density at radius 2 is 1.87 bits per heavy atom. The molecule has 2 aromatic rings. The molecule has 30 heavy (non-hydrogen) atoms. The summed E-state index contributed by atoms with van der Waals surface area (Å²) in [6.07, 6.45) is 0.834. The van der Waals surface area contributed by atoms with Gasteiger partial charge in [-0.15, -0.1) is 0 Å². The predicted molar refractivity (Wildman–Crippen MR) is 110 cm³/mol. The lowest BCUT2D eigenvalue weighted by molar-refractivity contribution is -0.140. The minimum absolute atomic E-state index is 0.0460. The highest BCUT2D eigenvalue weighted by Gasteiger charge is 2.45. The van der Waals surface area contributed by atoms with Gasteiger partial charge in [0.1, 0.15) is 17.3 Å². The molecule has 0 spiro atoms. The van der Waals surface area contributed by atoms with Crippen molar-refractivity contribution in [2.75, 3.05) is 26.9 Å². The molecule has 6 nitrogen and oxygen atoms in total. The van der Waals surface area contributed by atoms with Crippen LogP contribution in [0.4, 0.5) is 4.39 Å². The van der Waals surface area contributed by atoms with Gasteiger partial charge in [0, 0.05) is 19.2 Å². The number of carbonyl (C=O) groups is 2. The van der Waals surface area contributed by atoms with Crippen LogP contribution in [0.25, 0.3) is 5.76 Å². The van der Waals surface area contributed by atoms with Gasteiger partial charge in [-0.25, -0.2) is 4.39 Å². The van der Waals surface area contributed by atoms with Crippen molar-refractivity contribution >= 4 is 17.4 Å². The Bertz CT molecular complexity index is 954. The van der Waals surface area contributed by atoms with Crippen molar-refractivity contribution in [1.82, 2.24) is 4.90 Å². The van der Waals surface area contributed by atoms with Crippen LogP contribution in [0.15, 0.2) is 54.1 Å². The zero-order chi connectivity index (χ0) is 21.7. The van der Waals surface area contributed by atoms with Crippen LogP contribution in [0, 0.1) is 5.82 Å². The largest absolute Gasteiger partial charge is 0.507 e. The minimum Gasteiger partial charge on any atom is -0.507 e. The van der Waals surface area contributed by atoms with Crippen LogP contribution in [0.1, 0.15) is 30.5 Å². The first-order valence-corrected chi connectivity index (χ1v) is 9.74. The van der Waals surface area contributed by atoms with E-state index in [4.69, 9.17) is 9.47 Å². The number of likely N-dealkylation sites (tertiary alicyclic amines) is 1. The number of carbonyl (C=O) groups excluding carboxylic acids is 2. The number of hydrogen-bond acceptors (Lipinski definition) is 5. The fraction of sp³-hybridized carbons (Fsp3) is 0.304. The summed E-state index contributed by atoms with van der Waals surface area (Å²) in [6.45, 7) is 2.92. The molecule has 0 radical (unpaired) electrons. The molecule has 7 heteroatoms. The molecular weight excluding hydrogens is 389 g/mol. The Hall–Kier alpha value is -3.19. The summed E-state index contributed by atoms with van der Waals surface area (Å²) < 4.78 is 24.1.